The van der Waals surface area contributed by atoms with Gasteiger partial charge in [-0.3, -0.25) is 10.1 Å². The van der Waals surface area contributed by atoms with E-state index in [0.29, 0.717) is 31.4 Å². The van der Waals surface area contributed by atoms with Crippen molar-refractivity contribution >= 4 is 22.0 Å². The zero-order valence-electron chi connectivity index (χ0n) is 15.9. The Hall–Kier alpha value is -2.20. The zero-order chi connectivity index (χ0) is 20.9. The number of nitrogens with zero attached hydrogens (tertiary/aromatic N) is 1. The van der Waals surface area contributed by atoms with Gasteiger partial charge in [0, 0.05) is 12.6 Å². The Balaban J connectivity index is 1.84. The van der Waals surface area contributed by atoms with E-state index in [9.17, 15) is 27.5 Å². The van der Waals surface area contributed by atoms with Crippen LogP contribution >= 0.6 is 0 Å². The average molecular weight is 415 g/mol. The number of urea groups is 1. The van der Waals surface area contributed by atoms with Crippen LogP contribution in [0.5, 0.6) is 5.75 Å². The molecular formula is C18H26FN3O5S. The molecule has 3 amide bonds. The number of imide groups is 1. The summed E-state index contributed by atoms with van der Waals surface area (Å²) in [5.74, 6) is -1.81. The molecule has 3 N–H and O–H groups in total. The van der Waals surface area contributed by atoms with Crippen LogP contribution in [0, 0.1) is 11.7 Å². The lowest BCUT2D eigenvalue weighted by molar-refractivity contribution is -0.118. The van der Waals surface area contributed by atoms with Crippen LogP contribution in [0.3, 0.4) is 0 Å². The third-order valence-corrected chi connectivity index (χ3v) is 5.95. The fourth-order valence-electron chi connectivity index (χ4n) is 3.00. The Morgan fingerprint density at radius 1 is 1.25 bits per heavy atom. The zero-order valence-corrected chi connectivity index (χ0v) is 16.8. The molecule has 28 heavy (non-hydrogen) atoms. The number of nitrogens with one attached hydrogen (secondary N) is 2. The lowest BCUT2D eigenvalue weighted by Gasteiger charge is -2.23. The first-order chi connectivity index (χ1) is 13.1. The smallest absolute Gasteiger partial charge is 0.324 e. The number of carbonyl (C=O) groups is 2. The fraction of sp³-hybridized carbons (Fsp3) is 0.556. The Morgan fingerprint density at radius 2 is 1.96 bits per heavy atom. The van der Waals surface area contributed by atoms with E-state index in [1.807, 2.05) is 13.8 Å². The average Bonchev–Trinajstić information content (AvgIpc) is 2.92. The summed E-state index contributed by atoms with van der Waals surface area (Å²) in [5, 5.41) is 11.7. The highest BCUT2D eigenvalue weighted by Gasteiger charge is 2.26. The minimum Gasteiger partial charge on any atom is -0.505 e. The molecule has 1 aliphatic heterocycles. The molecule has 1 aromatic carbocycles. The van der Waals surface area contributed by atoms with E-state index in [1.54, 1.807) is 0 Å². The Bertz CT molecular complexity index is 829. The maximum absolute atomic E-state index is 13.3. The van der Waals surface area contributed by atoms with Gasteiger partial charge in [-0.2, -0.15) is 0 Å². The first-order valence-electron chi connectivity index (χ1n) is 9.16. The highest BCUT2D eigenvalue weighted by Crippen LogP contribution is 2.27. The molecule has 1 aliphatic rings. The number of unbranched alkanes of at least 4 members (excludes halogenated alkanes) is 2. The molecule has 0 saturated carbocycles. The van der Waals surface area contributed by atoms with Crippen molar-refractivity contribution in [3.05, 3.63) is 29.6 Å². The Morgan fingerprint density at radius 3 is 2.54 bits per heavy atom. The van der Waals surface area contributed by atoms with Gasteiger partial charge in [-0.05, 0) is 36.5 Å². The van der Waals surface area contributed by atoms with Crippen molar-refractivity contribution in [1.82, 2.24) is 14.9 Å². The predicted molar refractivity (Wildman–Crippen MR) is 102 cm³/mol. The van der Waals surface area contributed by atoms with Gasteiger partial charge in [0.15, 0.2) is 11.6 Å². The van der Waals surface area contributed by atoms with E-state index in [2.05, 4.69) is 10.0 Å². The number of hydrogen-bond donors (Lipinski definition) is 3. The minimum atomic E-state index is -3.59. The quantitative estimate of drug-likeness (QED) is 0.399. The molecule has 0 bridgehead atoms. The van der Waals surface area contributed by atoms with Crippen LogP contribution in [0.15, 0.2) is 18.2 Å². The molecule has 8 nitrogen and oxygen atoms in total. The number of halogens is 1. The molecule has 1 heterocycles. The van der Waals surface area contributed by atoms with E-state index in [1.165, 1.54) is 17.0 Å². The molecule has 0 aromatic heterocycles. The van der Waals surface area contributed by atoms with E-state index < -0.39 is 33.7 Å². The molecule has 1 aromatic rings. The Labute approximate surface area is 164 Å². The maximum Gasteiger partial charge on any atom is 0.324 e. The number of hydrogen-bond acceptors (Lipinski definition) is 5. The predicted octanol–water partition coefficient (Wildman–Crippen LogP) is 1.87. The van der Waals surface area contributed by atoms with Gasteiger partial charge in [-0.1, -0.05) is 26.3 Å². The molecule has 0 aliphatic carbocycles. The second-order valence-electron chi connectivity index (χ2n) is 7.20. The second kappa shape index (κ2) is 9.33. The van der Waals surface area contributed by atoms with Crippen molar-refractivity contribution in [2.75, 3.05) is 18.8 Å². The van der Waals surface area contributed by atoms with Crippen molar-refractivity contribution < 1.29 is 27.5 Å². The number of phenolic OH excluding ortho intramolecular Hbond substituents is 1. The summed E-state index contributed by atoms with van der Waals surface area (Å²) in [6.45, 7) is 4.10. The van der Waals surface area contributed by atoms with Gasteiger partial charge in [-0.25, -0.2) is 22.3 Å². The van der Waals surface area contributed by atoms with Crippen LogP contribution in [0.2, 0.25) is 0 Å². The molecule has 1 unspecified atom stereocenters. The SMILES string of the molecule is CC(C)C(NS(=O)(=O)CCCCCN1CC(=O)NC1=O)c1ccc(F)c(O)c1. The van der Waals surface area contributed by atoms with Crippen LogP contribution in [0.25, 0.3) is 0 Å². The number of sulfonamides is 1. The summed E-state index contributed by atoms with van der Waals surface area (Å²) in [6, 6.07) is 2.78. The van der Waals surface area contributed by atoms with Crippen LogP contribution in [0.1, 0.15) is 44.7 Å². The van der Waals surface area contributed by atoms with Crippen molar-refractivity contribution in [2.24, 2.45) is 5.92 Å². The topological polar surface area (TPSA) is 116 Å². The molecule has 2 rings (SSSR count). The van der Waals surface area contributed by atoms with Gasteiger partial charge in [0.25, 0.3) is 0 Å². The van der Waals surface area contributed by atoms with Crippen molar-refractivity contribution in [3.8, 4) is 5.75 Å². The number of benzene rings is 1. The molecule has 1 saturated heterocycles. The highest BCUT2D eigenvalue weighted by molar-refractivity contribution is 7.89. The number of rotatable bonds is 10. The third kappa shape index (κ3) is 6.16. The summed E-state index contributed by atoms with van der Waals surface area (Å²) in [5.41, 5.74) is 0.488. The Kier molecular flexibility index (Phi) is 7.36. The van der Waals surface area contributed by atoms with E-state index in [0.717, 1.165) is 6.07 Å². The first kappa shape index (κ1) is 22.1. The summed E-state index contributed by atoms with van der Waals surface area (Å²) >= 11 is 0. The van der Waals surface area contributed by atoms with E-state index in [-0.39, 0.29) is 24.1 Å². The number of aromatic hydroxyl groups is 1. The molecular weight excluding hydrogens is 389 g/mol. The van der Waals surface area contributed by atoms with Gasteiger partial charge in [0.05, 0.1) is 5.75 Å². The van der Waals surface area contributed by atoms with Crippen molar-refractivity contribution in [2.45, 2.75) is 39.2 Å². The summed E-state index contributed by atoms with van der Waals surface area (Å²) in [6.07, 6.45) is 1.58. The minimum absolute atomic E-state index is 0.0409. The van der Waals surface area contributed by atoms with Crippen LogP contribution < -0.4 is 10.0 Å². The van der Waals surface area contributed by atoms with Crippen molar-refractivity contribution in [1.29, 1.82) is 0 Å². The monoisotopic (exact) mass is 415 g/mol. The van der Waals surface area contributed by atoms with E-state index >= 15 is 0 Å². The largest absolute Gasteiger partial charge is 0.505 e. The third-order valence-electron chi connectivity index (χ3n) is 4.51. The number of phenols is 1. The van der Waals surface area contributed by atoms with Crippen molar-refractivity contribution in [3.63, 3.8) is 0 Å². The van der Waals surface area contributed by atoms with Crippen LogP contribution in [-0.4, -0.2) is 49.2 Å². The maximum atomic E-state index is 13.3. The normalized spacial score (nSPS) is 15.9. The van der Waals surface area contributed by atoms with Crippen LogP contribution in [-0.2, 0) is 14.8 Å². The molecule has 0 spiro atoms. The lowest BCUT2D eigenvalue weighted by Crippen LogP contribution is -2.33. The lowest BCUT2D eigenvalue weighted by atomic mass is 9.97. The molecule has 10 heteroatoms. The summed E-state index contributed by atoms with van der Waals surface area (Å²) in [7, 11) is -3.59. The van der Waals surface area contributed by atoms with Gasteiger partial charge < -0.3 is 10.0 Å². The molecule has 1 fully saturated rings. The number of carbonyl (C=O) groups excluding carboxylic acids is 2. The van der Waals surface area contributed by atoms with E-state index in [4.69, 9.17) is 0 Å². The molecule has 1 atom stereocenters. The highest BCUT2D eigenvalue weighted by atomic mass is 32.2. The number of amides is 3. The molecule has 0 radical (unpaired) electrons. The second-order valence-corrected chi connectivity index (χ2v) is 9.08. The standard InChI is InChI=1S/C18H26FN3O5S/c1-12(2)17(13-6-7-14(19)15(23)10-13)21-28(26,27)9-5-3-4-8-22-11-16(24)20-18(22)25/h6-7,10,12,17,21,23H,3-5,8-9,11H2,1-2H3,(H,20,24,25). The summed E-state index contributed by atoms with van der Waals surface area (Å²) < 4.78 is 40.7. The van der Waals surface area contributed by atoms with Gasteiger partial charge >= 0.3 is 6.03 Å². The van der Waals surface area contributed by atoms with Gasteiger partial charge in [-0.15, -0.1) is 0 Å². The molecule has 156 valence electrons. The van der Waals surface area contributed by atoms with Gasteiger partial charge in [0.2, 0.25) is 15.9 Å². The first-order valence-corrected chi connectivity index (χ1v) is 10.8. The van der Waals surface area contributed by atoms with Gasteiger partial charge in [0.1, 0.15) is 6.54 Å². The van der Waals surface area contributed by atoms with Crippen LogP contribution in [0.4, 0.5) is 9.18 Å². The fourth-order valence-corrected chi connectivity index (χ4v) is 4.50. The summed E-state index contributed by atoms with van der Waals surface area (Å²) in [4.78, 5) is 23.9.